The molecule has 0 aliphatic carbocycles. The second-order valence-electron chi connectivity index (χ2n) is 6.22. The first-order valence-electron chi connectivity index (χ1n) is 8.58. The van der Waals surface area contributed by atoms with Crippen LogP contribution in [0.15, 0.2) is 60.1 Å². The van der Waals surface area contributed by atoms with Crippen LogP contribution in [-0.2, 0) is 6.42 Å². The van der Waals surface area contributed by atoms with Crippen molar-refractivity contribution in [2.24, 2.45) is 0 Å². The maximum absolute atomic E-state index is 13.3. The minimum absolute atomic E-state index is 0.239. The number of rotatable bonds is 5. The van der Waals surface area contributed by atoms with Crippen molar-refractivity contribution in [3.05, 3.63) is 82.1 Å². The molecule has 26 heavy (non-hydrogen) atoms. The maximum atomic E-state index is 13.3. The minimum atomic E-state index is -0.286. The summed E-state index contributed by atoms with van der Waals surface area (Å²) in [6, 6.07) is 14.8. The van der Waals surface area contributed by atoms with Gasteiger partial charge in [-0.25, -0.2) is 9.37 Å². The lowest BCUT2D eigenvalue weighted by Crippen LogP contribution is -2.36. The number of thiazole rings is 1. The van der Waals surface area contributed by atoms with E-state index in [0.717, 1.165) is 46.8 Å². The van der Waals surface area contributed by atoms with E-state index in [-0.39, 0.29) is 11.3 Å². The monoisotopic (exact) mass is 384 g/mol. The van der Waals surface area contributed by atoms with Crippen LogP contribution in [0.1, 0.15) is 22.6 Å². The second-order valence-corrected chi connectivity index (χ2v) is 7.62. The predicted molar refractivity (Wildman–Crippen MR) is 108 cm³/mol. The van der Waals surface area contributed by atoms with E-state index in [1.54, 1.807) is 23.5 Å². The van der Waals surface area contributed by atoms with Crippen LogP contribution in [0, 0.1) is 5.82 Å². The number of hydrogen-bond donors (Lipinski definition) is 0. The van der Waals surface area contributed by atoms with Gasteiger partial charge in [0.1, 0.15) is 11.3 Å². The molecule has 0 fully saturated rings. The van der Waals surface area contributed by atoms with Crippen molar-refractivity contribution in [2.75, 3.05) is 11.4 Å². The quantitative estimate of drug-likeness (QED) is 0.405. The average molecular weight is 385 g/mol. The van der Waals surface area contributed by atoms with Crippen molar-refractivity contribution in [3.63, 3.8) is 0 Å². The molecule has 0 N–H and O–H groups in total. The highest BCUT2D eigenvalue weighted by Crippen LogP contribution is 2.38. The highest BCUT2D eigenvalue weighted by molar-refractivity contribution is 7.09. The number of halogens is 2. The topological polar surface area (TPSA) is 16.1 Å². The van der Waals surface area contributed by atoms with Gasteiger partial charge in [-0.1, -0.05) is 41.9 Å². The SMILES string of the molecule is Fc1ccc(C2=Cc3ccccc3N(CCCc3nccs3)C2Cl)cc1. The van der Waals surface area contributed by atoms with Crippen molar-refractivity contribution in [1.29, 1.82) is 0 Å². The lowest BCUT2D eigenvalue weighted by Gasteiger charge is -2.36. The number of hydrogen-bond acceptors (Lipinski definition) is 3. The van der Waals surface area contributed by atoms with Crippen molar-refractivity contribution < 1.29 is 4.39 Å². The summed E-state index contributed by atoms with van der Waals surface area (Å²) >= 11 is 8.55. The van der Waals surface area contributed by atoms with Crippen molar-refractivity contribution in [2.45, 2.75) is 18.3 Å². The van der Waals surface area contributed by atoms with E-state index >= 15 is 0 Å². The van der Waals surface area contributed by atoms with Crippen LogP contribution in [0.3, 0.4) is 0 Å². The summed E-state index contributed by atoms with van der Waals surface area (Å²) < 4.78 is 13.3. The molecule has 0 bridgehead atoms. The Labute approximate surface area is 161 Å². The molecule has 1 aromatic heterocycles. The van der Waals surface area contributed by atoms with Crippen LogP contribution in [0.25, 0.3) is 11.6 Å². The zero-order valence-corrected chi connectivity index (χ0v) is 15.7. The first kappa shape index (κ1) is 17.3. The molecule has 5 heteroatoms. The normalized spacial score (nSPS) is 16.3. The molecule has 3 aromatic rings. The predicted octanol–water partition coefficient (Wildman–Crippen LogP) is 5.84. The van der Waals surface area contributed by atoms with Gasteiger partial charge in [0.2, 0.25) is 0 Å². The van der Waals surface area contributed by atoms with Gasteiger partial charge in [-0.15, -0.1) is 11.3 Å². The molecule has 0 radical (unpaired) electrons. The maximum Gasteiger partial charge on any atom is 0.130 e. The number of benzene rings is 2. The lowest BCUT2D eigenvalue weighted by atomic mass is 9.96. The van der Waals surface area contributed by atoms with E-state index in [9.17, 15) is 4.39 Å². The molecule has 2 heterocycles. The molecule has 1 aliphatic rings. The van der Waals surface area contributed by atoms with E-state index in [0.29, 0.717) is 0 Å². The Kier molecular flexibility index (Phi) is 5.05. The first-order chi connectivity index (χ1) is 12.7. The third-order valence-electron chi connectivity index (χ3n) is 4.54. The van der Waals surface area contributed by atoms with Crippen molar-refractivity contribution in [1.82, 2.24) is 4.98 Å². The van der Waals surface area contributed by atoms with Crippen LogP contribution in [0.5, 0.6) is 0 Å². The molecule has 132 valence electrons. The van der Waals surface area contributed by atoms with E-state index in [1.165, 1.54) is 12.1 Å². The molecule has 2 nitrogen and oxygen atoms in total. The Morgan fingerprint density at radius 2 is 1.92 bits per heavy atom. The average Bonchev–Trinajstić information content (AvgIpc) is 3.17. The highest BCUT2D eigenvalue weighted by Gasteiger charge is 2.27. The molecule has 0 saturated carbocycles. The summed E-state index contributed by atoms with van der Waals surface area (Å²) in [5.41, 5.74) is 3.94. The van der Waals surface area contributed by atoms with Crippen LogP contribution < -0.4 is 4.90 Å². The Morgan fingerprint density at radius 3 is 2.69 bits per heavy atom. The minimum Gasteiger partial charge on any atom is -0.351 e. The lowest BCUT2D eigenvalue weighted by molar-refractivity contribution is 0.627. The van der Waals surface area contributed by atoms with Crippen LogP contribution >= 0.6 is 22.9 Å². The number of anilines is 1. The number of nitrogens with zero attached hydrogens (tertiary/aromatic N) is 2. The van der Waals surface area contributed by atoms with Crippen LogP contribution in [-0.4, -0.2) is 17.0 Å². The summed E-state index contributed by atoms with van der Waals surface area (Å²) in [5.74, 6) is -0.239. The molecular weight excluding hydrogens is 367 g/mol. The summed E-state index contributed by atoms with van der Waals surface area (Å²) in [5, 5.41) is 3.15. The van der Waals surface area contributed by atoms with Crippen molar-refractivity contribution >= 4 is 40.3 Å². The number of aromatic nitrogens is 1. The number of fused-ring (bicyclic) bond motifs is 1. The Morgan fingerprint density at radius 1 is 1.12 bits per heavy atom. The van der Waals surface area contributed by atoms with Gasteiger partial charge < -0.3 is 4.90 Å². The molecule has 2 aromatic carbocycles. The number of aryl methyl sites for hydroxylation is 1. The molecule has 1 atom stereocenters. The number of alkyl halides is 1. The Hall–Kier alpha value is -2.17. The van der Waals surface area contributed by atoms with Gasteiger partial charge >= 0.3 is 0 Å². The summed E-state index contributed by atoms with van der Waals surface area (Å²) in [6.45, 7) is 0.837. The second kappa shape index (κ2) is 7.60. The van der Waals surface area contributed by atoms with E-state index in [2.05, 4.69) is 28.1 Å². The van der Waals surface area contributed by atoms with Gasteiger partial charge in [0.05, 0.1) is 5.01 Å². The third kappa shape index (κ3) is 3.53. The zero-order chi connectivity index (χ0) is 17.9. The number of para-hydroxylation sites is 1. The van der Waals surface area contributed by atoms with Gasteiger partial charge in [0, 0.05) is 30.2 Å². The Balaban J connectivity index is 1.61. The molecule has 1 unspecified atom stereocenters. The molecular formula is C21H18ClFN2S. The van der Waals surface area contributed by atoms with Crippen LogP contribution in [0.2, 0.25) is 0 Å². The summed E-state index contributed by atoms with van der Waals surface area (Å²) in [6.07, 6.45) is 5.87. The fourth-order valence-corrected chi connectivity index (χ4v) is 4.33. The summed E-state index contributed by atoms with van der Waals surface area (Å²) in [7, 11) is 0. The first-order valence-corrected chi connectivity index (χ1v) is 9.89. The molecule has 4 rings (SSSR count). The Bertz CT molecular complexity index is 906. The van der Waals surface area contributed by atoms with Gasteiger partial charge in [-0.3, -0.25) is 0 Å². The van der Waals surface area contributed by atoms with E-state index in [1.807, 2.05) is 23.7 Å². The molecule has 1 aliphatic heterocycles. The zero-order valence-electron chi connectivity index (χ0n) is 14.1. The van der Waals surface area contributed by atoms with E-state index < -0.39 is 0 Å². The smallest absolute Gasteiger partial charge is 0.130 e. The fraction of sp³-hybridized carbons (Fsp3) is 0.190. The largest absolute Gasteiger partial charge is 0.351 e. The third-order valence-corrected chi connectivity index (χ3v) is 5.85. The van der Waals surface area contributed by atoms with Gasteiger partial charge in [0.15, 0.2) is 0 Å². The van der Waals surface area contributed by atoms with Crippen LogP contribution in [0.4, 0.5) is 10.1 Å². The van der Waals surface area contributed by atoms with Gasteiger partial charge in [0.25, 0.3) is 0 Å². The molecule has 0 spiro atoms. The van der Waals surface area contributed by atoms with E-state index in [4.69, 9.17) is 11.6 Å². The molecule has 0 saturated heterocycles. The highest BCUT2D eigenvalue weighted by atomic mass is 35.5. The molecule has 0 amide bonds. The standard InChI is InChI=1S/C21H18ClFN2S/c22-21-18(15-7-9-17(23)10-8-15)14-16-4-1-2-5-19(16)25(21)12-3-6-20-24-11-13-26-20/h1-2,4-5,7-11,13-14,21H,3,6,12H2. The van der Waals surface area contributed by atoms with Gasteiger partial charge in [-0.2, -0.15) is 0 Å². The van der Waals surface area contributed by atoms with Gasteiger partial charge in [-0.05, 0) is 47.4 Å². The summed E-state index contributed by atoms with van der Waals surface area (Å²) in [4.78, 5) is 6.58. The van der Waals surface area contributed by atoms with Crippen molar-refractivity contribution in [3.8, 4) is 0 Å². The fourth-order valence-electron chi connectivity index (χ4n) is 3.27.